The quantitative estimate of drug-likeness (QED) is 0.582. The molecular formula is C7H14O3S. The Balaban J connectivity index is 3.38. The van der Waals surface area contributed by atoms with Crippen molar-refractivity contribution in [3.8, 4) is 0 Å². The second kappa shape index (κ2) is 6.34. The summed E-state index contributed by atoms with van der Waals surface area (Å²) in [6.07, 6.45) is 1.16. The fraction of sp³-hybridized carbons (Fsp3) is 0.857. The maximum Gasteiger partial charge on any atom is 0.306 e. The molecule has 0 aliphatic carbocycles. The van der Waals surface area contributed by atoms with Crippen LogP contribution in [0.1, 0.15) is 19.8 Å². The van der Waals surface area contributed by atoms with Crippen molar-refractivity contribution in [1.29, 1.82) is 0 Å². The molecule has 0 rings (SSSR count). The van der Waals surface area contributed by atoms with Gasteiger partial charge < -0.3 is 4.74 Å². The fourth-order valence-corrected chi connectivity index (χ4v) is 1.68. The molecule has 0 saturated heterocycles. The molecule has 0 N–H and O–H groups in total. The van der Waals surface area contributed by atoms with E-state index >= 15 is 0 Å². The zero-order valence-electron chi connectivity index (χ0n) is 6.96. The van der Waals surface area contributed by atoms with Gasteiger partial charge in [0.25, 0.3) is 0 Å². The fourth-order valence-electron chi connectivity index (χ4n) is 0.629. The number of hydrogen-bond donors (Lipinski definition) is 0. The largest absolute Gasteiger partial charge is 0.469 e. The summed E-state index contributed by atoms with van der Waals surface area (Å²) in [5.74, 6) is 0.826. The van der Waals surface area contributed by atoms with E-state index in [-0.39, 0.29) is 12.4 Å². The average Bonchev–Trinajstić information content (AvgIpc) is 2.01. The van der Waals surface area contributed by atoms with Crippen LogP contribution in [0.3, 0.4) is 0 Å². The van der Waals surface area contributed by atoms with E-state index in [1.165, 1.54) is 7.11 Å². The number of methoxy groups -OCH3 is 1. The van der Waals surface area contributed by atoms with Crippen LogP contribution in [0.25, 0.3) is 0 Å². The molecule has 0 aromatic carbocycles. The monoisotopic (exact) mass is 178 g/mol. The minimum atomic E-state index is -0.843. The molecule has 0 aromatic heterocycles. The Morgan fingerprint density at radius 3 is 2.55 bits per heavy atom. The van der Waals surface area contributed by atoms with Crippen molar-refractivity contribution in [3.63, 3.8) is 0 Å². The first-order valence-electron chi connectivity index (χ1n) is 3.62. The topological polar surface area (TPSA) is 43.4 Å². The van der Waals surface area contributed by atoms with E-state index in [0.717, 1.165) is 6.42 Å². The molecule has 0 heterocycles. The van der Waals surface area contributed by atoms with E-state index in [9.17, 15) is 9.00 Å². The Bertz CT molecular complexity index is 145. The number of carbonyl (C=O) groups excluding carboxylic acids is 1. The number of rotatable bonds is 5. The molecular weight excluding hydrogens is 164 g/mol. The Morgan fingerprint density at radius 2 is 2.09 bits per heavy atom. The molecule has 66 valence electrons. The molecule has 4 heteroatoms. The lowest BCUT2D eigenvalue weighted by Crippen LogP contribution is -2.08. The Kier molecular flexibility index (Phi) is 6.12. The van der Waals surface area contributed by atoms with Crippen LogP contribution in [-0.4, -0.2) is 28.8 Å². The van der Waals surface area contributed by atoms with Crippen molar-refractivity contribution in [3.05, 3.63) is 0 Å². The Labute approximate surface area is 69.6 Å². The molecule has 0 radical (unpaired) electrons. The number of ether oxygens (including phenoxy) is 1. The minimum Gasteiger partial charge on any atom is -0.469 e. The molecule has 0 aromatic rings. The van der Waals surface area contributed by atoms with Gasteiger partial charge in [-0.15, -0.1) is 0 Å². The molecule has 0 saturated carbocycles. The first kappa shape index (κ1) is 10.6. The molecule has 0 amide bonds. The lowest BCUT2D eigenvalue weighted by Gasteiger charge is -1.98. The highest BCUT2D eigenvalue weighted by Crippen LogP contribution is 1.92. The van der Waals surface area contributed by atoms with Gasteiger partial charge in [-0.3, -0.25) is 9.00 Å². The minimum absolute atomic E-state index is 0.267. The SMILES string of the molecule is CCCS(=O)CCC(=O)OC. The first-order valence-corrected chi connectivity index (χ1v) is 5.11. The van der Waals surface area contributed by atoms with Crippen LogP contribution >= 0.6 is 0 Å². The van der Waals surface area contributed by atoms with Crippen LogP contribution < -0.4 is 0 Å². The molecule has 0 bridgehead atoms. The van der Waals surface area contributed by atoms with E-state index in [1.807, 2.05) is 6.92 Å². The lowest BCUT2D eigenvalue weighted by atomic mass is 10.5. The van der Waals surface area contributed by atoms with Crippen molar-refractivity contribution >= 4 is 16.8 Å². The molecule has 0 aliphatic heterocycles. The summed E-state index contributed by atoms with van der Waals surface area (Å²) in [5.41, 5.74) is 0. The van der Waals surface area contributed by atoms with Crippen molar-refractivity contribution in [2.45, 2.75) is 19.8 Å². The zero-order chi connectivity index (χ0) is 8.69. The van der Waals surface area contributed by atoms with Gasteiger partial charge in [-0.1, -0.05) is 6.92 Å². The van der Waals surface area contributed by atoms with E-state index in [2.05, 4.69) is 4.74 Å². The number of esters is 1. The molecule has 11 heavy (non-hydrogen) atoms. The maximum atomic E-state index is 11.0. The second-order valence-corrected chi connectivity index (χ2v) is 3.87. The van der Waals surface area contributed by atoms with Gasteiger partial charge in [0.05, 0.1) is 13.5 Å². The van der Waals surface area contributed by atoms with Gasteiger partial charge in [0.1, 0.15) is 0 Å². The van der Waals surface area contributed by atoms with Crippen molar-refractivity contribution in [1.82, 2.24) is 0 Å². The van der Waals surface area contributed by atoms with Crippen molar-refractivity contribution < 1.29 is 13.7 Å². The Hall–Kier alpha value is -0.380. The third kappa shape index (κ3) is 6.04. The lowest BCUT2D eigenvalue weighted by molar-refractivity contribution is -0.140. The number of hydrogen-bond acceptors (Lipinski definition) is 3. The van der Waals surface area contributed by atoms with Crippen molar-refractivity contribution in [2.75, 3.05) is 18.6 Å². The molecule has 0 spiro atoms. The molecule has 3 nitrogen and oxygen atoms in total. The summed E-state index contributed by atoms with van der Waals surface area (Å²) >= 11 is 0. The van der Waals surface area contributed by atoms with Gasteiger partial charge in [0.15, 0.2) is 0 Å². The van der Waals surface area contributed by atoms with Gasteiger partial charge in [0.2, 0.25) is 0 Å². The van der Waals surface area contributed by atoms with Crippen LogP contribution in [-0.2, 0) is 20.3 Å². The maximum absolute atomic E-state index is 11.0. The number of carbonyl (C=O) groups is 1. The van der Waals surface area contributed by atoms with E-state index in [0.29, 0.717) is 11.5 Å². The van der Waals surface area contributed by atoms with E-state index in [4.69, 9.17) is 0 Å². The summed E-state index contributed by atoms with van der Waals surface area (Å²) in [7, 11) is 0.495. The highest BCUT2D eigenvalue weighted by Gasteiger charge is 2.03. The van der Waals surface area contributed by atoms with E-state index < -0.39 is 10.8 Å². The second-order valence-electron chi connectivity index (χ2n) is 2.17. The highest BCUT2D eigenvalue weighted by molar-refractivity contribution is 7.84. The summed E-state index contributed by atoms with van der Waals surface area (Å²) in [4.78, 5) is 10.6. The Morgan fingerprint density at radius 1 is 1.45 bits per heavy atom. The predicted molar refractivity (Wildman–Crippen MR) is 44.8 cm³/mol. The van der Waals surface area contributed by atoms with Crippen molar-refractivity contribution in [2.24, 2.45) is 0 Å². The van der Waals surface area contributed by atoms with Gasteiger partial charge >= 0.3 is 5.97 Å². The van der Waals surface area contributed by atoms with Crippen LogP contribution in [0.15, 0.2) is 0 Å². The van der Waals surface area contributed by atoms with Crippen LogP contribution in [0.5, 0.6) is 0 Å². The van der Waals surface area contributed by atoms with E-state index in [1.54, 1.807) is 0 Å². The highest BCUT2D eigenvalue weighted by atomic mass is 32.2. The van der Waals surface area contributed by atoms with Crippen LogP contribution in [0.4, 0.5) is 0 Å². The molecule has 1 unspecified atom stereocenters. The van der Waals surface area contributed by atoms with Crippen LogP contribution in [0, 0.1) is 0 Å². The third-order valence-electron chi connectivity index (χ3n) is 1.19. The van der Waals surface area contributed by atoms with Crippen LogP contribution in [0.2, 0.25) is 0 Å². The smallest absolute Gasteiger partial charge is 0.306 e. The summed E-state index contributed by atoms with van der Waals surface area (Å²) in [6.45, 7) is 1.97. The van der Waals surface area contributed by atoms with Gasteiger partial charge in [0, 0.05) is 22.3 Å². The average molecular weight is 178 g/mol. The summed E-state index contributed by atoms with van der Waals surface area (Å²) in [6, 6.07) is 0. The van der Waals surface area contributed by atoms with Gasteiger partial charge in [-0.05, 0) is 6.42 Å². The molecule has 0 fully saturated rings. The third-order valence-corrected chi connectivity index (χ3v) is 2.72. The normalized spacial score (nSPS) is 12.5. The summed E-state index contributed by atoms with van der Waals surface area (Å²) in [5, 5.41) is 0. The molecule has 0 aliphatic rings. The van der Waals surface area contributed by atoms with Gasteiger partial charge in [-0.2, -0.15) is 0 Å². The predicted octanol–water partition coefficient (Wildman–Crippen LogP) is 0.708. The summed E-state index contributed by atoms with van der Waals surface area (Å²) < 4.78 is 15.4. The molecule has 1 atom stereocenters. The van der Waals surface area contributed by atoms with Gasteiger partial charge in [-0.25, -0.2) is 0 Å². The standard InChI is InChI=1S/C7H14O3S/c1-3-5-11(9)6-4-7(8)10-2/h3-6H2,1-2H3. The zero-order valence-corrected chi connectivity index (χ0v) is 7.78. The first-order chi connectivity index (χ1) is 5.20.